The maximum absolute atomic E-state index is 12.5. The van der Waals surface area contributed by atoms with Crippen LogP contribution in [-0.4, -0.2) is 11.1 Å². The molecule has 0 aliphatic carbocycles. The minimum absolute atomic E-state index is 0.203. The third kappa shape index (κ3) is 3.94. The number of nitrogens with one attached hydrogen (secondary N) is 1. The van der Waals surface area contributed by atoms with Crippen molar-refractivity contribution in [2.75, 3.05) is 6.54 Å². The van der Waals surface area contributed by atoms with E-state index in [9.17, 15) is 18.0 Å². The molecule has 20 heavy (non-hydrogen) atoms. The van der Waals surface area contributed by atoms with Crippen LogP contribution >= 0.6 is 11.3 Å². The molecule has 0 aliphatic rings. The van der Waals surface area contributed by atoms with Gasteiger partial charge < -0.3 is 9.88 Å². The van der Waals surface area contributed by atoms with Gasteiger partial charge in [-0.3, -0.25) is 4.79 Å². The SMILES string of the molecule is O=c1ccc(C(F)(F)F)cn1CCNCc1cccs1. The van der Waals surface area contributed by atoms with Crippen LogP contribution in [0.1, 0.15) is 10.4 Å². The predicted molar refractivity (Wildman–Crippen MR) is 71.7 cm³/mol. The summed E-state index contributed by atoms with van der Waals surface area (Å²) in [5, 5.41) is 5.04. The van der Waals surface area contributed by atoms with Crippen LogP contribution < -0.4 is 10.9 Å². The van der Waals surface area contributed by atoms with Gasteiger partial charge in [0, 0.05) is 36.8 Å². The lowest BCUT2D eigenvalue weighted by atomic mass is 10.3. The maximum atomic E-state index is 12.5. The highest BCUT2D eigenvalue weighted by Gasteiger charge is 2.30. The van der Waals surface area contributed by atoms with Crippen LogP contribution in [0.5, 0.6) is 0 Å². The van der Waals surface area contributed by atoms with E-state index in [4.69, 9.17) is 0 Å². The van der Waals surface area contributed by atoms with Gasteiger partial charge in [-0.25, -0.2) is 0 Å². The smallest absolute Gasteiger partial charge is 0.314 e. The minimum Gasteiger partial charge on any atom is -0.314 e. The fourth-order valence-corrected chi connectivity index (χ4v) is 2.37. The quantitative estimate of drug-likeness (QED) is 0.862. The van der Waals surface area contributed by atoms with Crippen molar-refractivity contribution in [3.63, 3.8) is 0 Å². The first-order valence-electron chi connectivity index (χ1n) is 5.97. The van der Waals surface area contributed by atoms with Crippen molar-refractivity contribution in [1.82, 2.24) is 9.88 Å². The van der Waals surface area contributed by atoms with Gasteiger partial charge in [0.2, 0.25) is 0 Å². The first-order chi connectivity index (χ1) is 9.47. The van der Waals surface area contributed by atoms with Crippen molar-refractivity contribution >= 4 is 11.3 Å². The average molecular weight is 302 g/mol. The van der Waals surface area contributed by atoms with Crippen molar-refractivity contribution in [3.05, 3.63) is 56.6 Å². The fraction of sp³-hybridized carbons (Fsp3) is 0.308. The molecule has 0 unspecified atom stereocenters. The fourth-order valence-electron chi connectivity index (χ4n) is 1.70. The van der Waals surface area contributed by atoms with E-state index in [0.717, 1.165) is 27.8 Å². The Hall–Kier alpha value is -1.60. The van der Waals surface area contributed by atoms with Crippen molar-refractivity contribution in [2.24, 2.45) is 0 Å². The molecule has 0 amide bonds. The molecule has 3 nitrogen and oxygen atoms in total. The molecular formula is C13H13F3N2OS. The number of pyridine rings is 1. The number of rotatable bonds is 5. The van der Waals surface area contributed by atoms with E-state index in [0.29, 0.717) is 13.1 Å². The number of nitrogens with zero attached hydrogens (tertiary/aromatic N) is 1. The van der Waals surface area contributed by atoms with E-state index in [2.05, 4.69) is 5.32 Å². The lowest BCUT2D eigenvalue weighted by Gasteiger charge is -2.11. The molecular weight excluding hydrogens is 289 g/mol. The topological polar surface area (TPSA) is 34.0 Å². The average Bonchev–Trinajstić information content (AvgIpc) is 2.88. The van der Waals surface area contributed by atoms with Crippen molar-refractivity contribution in [3.8, 4) is 0 Å². The third-order valence-electron chi connectivity index (χ3n) is 2.72. The Morgan fingerprint density at radius 3 is 2.70 bits per heavy atom. The van der Waals surface area contributed by atoms with E-state index in [1.807, 2.05) is 17.5 Å². The zero-order valence-corrected chi connectivity index (χ0v) is 11.3. The number of aromatic nitrogens is 1. The summed E-state index contributed by atoms with van der Waals surface area (Å²) in [5.41, 5.74) is -1.24. The van der Waals surface area contributed by atoms with Crippen LogP contribution in [0.25, 0.3) is 0 Å². The largest absolute Gasteiger partial charge is 0.417 e. The Labute approximate surface area is 117 Å². The molecule has 0 aliphatic heterocycles. The highest BCUT2D eigenvalue weighted by atomic mass is 32.1. The van der Waals surface area contributed by atoms with E-state index < -0.39 is 17.3 Å². The molecule has 0 fully saturated rings. The van der Waals surface area contributed by atoms with Crippen LogP contribution in [0.4, 0.5) is 13.2 Å². The van der Waals surface area contributed by atoms with E-state index in [1.54, 1.807) is 11.3 Å². The molecule has 0 aromatic carbocycles. The molecule has 0 spiro atoms. The second-order valence-corrected chi connectivity index (χ2v) is 5.24. The number of hydrogen-bond donors (Lipinski definition) is 1. The highest BCUT2D eigenvalue weighted by molar-refractivity contribution is 7.09. The summed E-state index contributed by atoms with van der Waals surface area (Å²) in [6, 6.07) is 5.65. The van der Waals surface area contributed by atoms with E-state index in [-0.39, 0.29) is 6.54 Å². The predicted octanol–water partition coefficient (Wildman–Crippen LogP) is 2.72. The number of alkyl halides is 3. The first kappa shape index (κ1) is 14.8. The Morgan fingerprint density at radius 2 is 2.05 bits per heavy atom. The second kappa shape index (κ2) is 6.23. The van der Waals surface area contributed by atoms with Gasteiger partial charge in [-0.1, -0.05) is 6.07 Å². The van der Waals surface area contributed by atoms with Gasteiger partial charge in [-0.2, -0.15) is 13.2 Å². The Bertz CT molecular complexity index is 605. The van der Waals surface area contributed by atoms with Gasteiger partial charge in [0.1, 0.15) is 0 Å². The molecule has 0 atom stereocenters. The van der Waals surface area contributed by atoms with Crippen molar-refractivity contribution < 1.29 is 13.2 Å². The summed E-state index contributed by atoms with van der Waals surface area (Å²) in [7, 11) is 0. The molecule has 0 radical (unpaired) electrons. The summed E-state index contributed by atoms with van der Waals surface area (Å²) < 4.78 is 38.7. The summed E-state index contributed by atoms with van der Waals surface area (Å²) >= 11 is 1.60. The second-order valence-electron chi connectivity index (χ2n) is 4.20. The van der Waals surface area contributed by atoms with Gasteiger partial charge in [-0.15, -0.1) is 11.3 Å². The molecule has 0 bridgehead atoms. The van der Waals surface area contributed by atoms with Gasteiger partial charge in [-0.05, 0) is 17.5 Å². The van der Waals surface area contributed by atoms with Crippen LogP contribution in [0.15, 0.2) is 40.6 Å². The zero-order chi connectivity index (χ0) is 14.6. The molecule has 108 valence electrons. The zero-order valence-electron chi connectivity index (χ0n) is 10.5. The Kier molecular flexibility index (Phi) is 4.61. The summed E-state index contributed by atoms with van der Waals surface area (Å²) in [5.74, 6) is 0. The molecule has 2 aromatic heterocycles. The highest BCUT2D eigenvalue weighted by Crippen LogP contribution is 2.27. The standard InChI is InChI=1S/C13H13F3N2OS/c14-13(15,16)10-3-4-12(19)18(9-10)6-5-17-8-11-2-1-7-20-11/h1-4,7,9,17H,5-6,8H2. The Morgan fingerprint density at radius 1 is 1.25 bits per heavy atom. The van der Waals surface area contributed by atoms with Crippen LogP contribution in [-0.2, 0) is 19.3 Å². The molecule has 0 saturated carbocycles. The Balaban J connectivity index is 1.93. The van der Waals surface area contributed by atoms with E-state index in [1.165, 1.54) is 0 Å². The molecule has 0 saturated heterocycles. The van der Waals surface area contributed by atoms with Crippen molar-refractivity contribution in [1.29, 1.82) is 0 Å². The van der Waals surface area contributed by atoms with Gasteiger partial charge in [0.25, 0.3) is 5.56 Å². The summed E-state index contributed by atoms with van der Waals surface area (Å²) in [4.78, 5) is 12.6. The summed E-state index contributed by atoms with van der Waals surface area (Å²) in [6.07, 6.45) is -3.57. The third-order valence-corrected chi connectivity index (χ3v) is 3.60. The van der Waals surface area contributed by atoms with Crippen molar-refractivity contribution in [2.45, 2.75) is 19.3 Å². The normalized spacial score (nSPS) is 11.8. The van der Waals surface area contributed by atoms with Crippen LogP contribution in [0.2, 0.25) is 0 Å². The summed E-state index contributed by atoms with van der Waals surface area (Å²) in [6.45, 7) is 1.28. The molecule has 2 rings (SSSR count). The van der Waals surface area contributed by atoms with Gasteiger partial charge >= 0.3 is 6.18 Å². The number of hydrogen-bond acceptors (Lipinski definition) is 3. The molecule has 1 N–H and O–H groups in total. The molecule has 7 heteroatoms. The molecule has 2 aromatic rings. The van der Waals surface area contributed by atoms with Crippen LogP contribution in [0.3, 0.4) is 0 Å². The number of thiophene rings is 1. The lowest BCUT2D eigenvalue weighted by Crippen LogP contribution is -2.27. The monoisotopic (exact) mass is 302 g/mol. The lowest BCUT2D eigenvalue weighted by molar-refractivity contribution is -0.138. The molecule has 2 heterocycles. The first-order valence-corrected chi connectivity index (χ1v) is 6.85. The van der Waals surface area contributed by atoms with Gasteiger partial charge in [0.05, 0.1) is 5.56 Å². The minimum atomic E-state index is -4.43. The van der Waals surface area contributed by atoms with Gasteiger partial charge in [0.15, 0.2) is 0 Å². The number of halogens is 3. The van der Waals surface area contributed by atoms with Crippen LogP contribution in [0, 0.1) is 0 Å². The maximum Gasteiger partial charge on any atom is 0.417 e. The van der Waals surface area contributed by atoms with E-state index >= 15 is 0 Å².